The molecule has 36 heavy (non-hydrogen) atoms. The zero-order valence-electron chi connectivity index (χ0n) is 20.2. The van der Waals surface area contributed by atoms with Crippen LogP contribution in [0.2, 0.25) is 0 Å². The lowest BCUT2D eigenvalue weighted by molar-refractivity contribution is -0.143. The summed E-state index contributed by atoms with van der Waals surface area (Å²) in [6, 6.07) is 16.6. The Morgan fingerprint density at radius 1 is 1.06 bits per heavy atom. The molecule has 0 unspecified atom stereocenters. The van der Waals surface area contributed by atoms with E-state index in [2.05, 4.69) is 27.9 Å². The Hall–Kier alpha value is -2.43. The summed E-state index contributed by atoms with van der Waals surface area (Å²) in [6.07, 6.45) is 3.75. The maximum Gasteiger partial charge on any atom is 0.247 e. The number of hydrogen-bond acceptors (Lipinski definition) is 5. The summed E-state index contributed by atoms with van der Waals surface area (Å²) < 4.78 is 7.10. The molecule has 0 bridgehead atoms. The van der Waals surface area contributed by atoms with Gasteiger partial charge in [0.25, 0.3) is 0 Å². The second-order valence-corrected chi connectivity index (χ2v) is 10.5. The van der Waals surface area contributed by atoms with Crippen molar-refractivity contribution in [3.63, 3.8) is 0 Å². The topological polar surface area (TPSA) is 99.1 Å². The molecule has 2 aromatic rings. The van der Waals surface area contributed by atoms with Gasteiger partial charge in [-0.25, -0.2) is 0 Å². The Balaban J connectivity index is 1.67. The van der Waals surface area contributed by atoms with Crippen LogP contribution in [-0.4, -0.2) is 58.3 Å². The van der Waals surface area contributed by atoms with E-state index in [1.807, 2.05) is 54.6 Å². The smallest absolute Gasteiger partial charge is 0.247 e. The van der Waals surface area contributed by atoms with Gasteiger partial charge >= 0.3 is 0 Å². The first-order valence-electron chi connectivity index (χ1n) is 12.5. The van der Waals surface area contributed by atoms with Crippen molar-refractivity contribution in [1.82, 2.24) is 10.2 Å². The largest absolute Gasteiger partial charge is 0.482 e. The molecule has 0 saturated heterocycles. The van der Waals surface area contributed by atoms with Gasteiger partial charge in [0.1, 0.15) is 18.0 Å². The summed E-state index contributed by atoms with van der Waals surface area (Å²) in [5.41, 5.74) is 1.40. The average molecular weight is 604 g/mol. The van der Waals surface area contributed by atoms with Crippen LogP contribution in [0.5, 0.6) is 5.75 Å². The minimum absolute atomic E-state index is 0.0189. The highest BCUT2D eigenvalue weighted by Gasteiger charge is 2.42. The molecule has 2 aliphatic carbocycles. The number of nitrogens with one attached hydrogen (secondary N) is 1. The van der Waals surface area contributed by atoms with Gasteiger partial charge in [0.05, 0.1) is 16.2 Å². The van der Waals surface area contributed by atoms with Crippen LogP contribution in [0.3, 0.4) is 0 Å². The Morgan fingerprint density at radius 2 is 1.75 bits per heavy atom. The first-order chi connectivity index (χ1) is 17.5. The number of aliphatic hydroxyl groups excluding tert-OH is 2. The predicted octanol–water partition coefficient (Wildman–Crippen LogP) is 3.43. The predicted molar refractivity (Wildman–Crippen MR) is 145 cm³/mol. The highest BCUT2D eigenvalue weighted by atomic mass is 127. The molecular weight excluding hydrogens is 571 g/mol. The molecule has 0 aromatic heterocycles. The van der Waals surface area contributed by atoms with Crippen LogP contribution in [0.1, 0.15) is 37.7 Å². The maximum absolute atomic E-state index is 13.8. The molecular formula is C28H33IN2O5. The Labute approximate surface area is 225 Å². The number of hydrogen-bond donors (Lipinski definition) is 3. The van der Waals surface area contributed by atoms with Gasteiger partial charge in [0, 0.05) is 31.0 Å². The molecule has 4 rings (SSSR count). The summed E-state index contributed by atoms with van der Waals surface area (Å²) in [4.78, 5) is 28.5. The van der Waals surface area contributed by atoms with E-state index in [-0.39, 0.29) is 37.3 Å². The number of ether oxygens (including phenoxy) is 1. The molecule has 2 aliphatic rings. The van der Waals surface area contributed by atoms with E-state index in [0.717, 1.165) is 34.8 Å². The minimum Gasteiger partial charge on any atom is -0.482 e. The summed E-state index contributed by atoms with van der Waals surface area (Å²) in [5, 5.41) is 23.4. The maximum atomic E-state index is 13.8. The van der Waals surface area contributed by atoms with Crippen LogP contribution < -0.4 is 10.1 Å². The van der Waals surface area contributed by atoms with E-state index >= 15 is 0 Å². The van der Waals surface area contributed by atoms with Gasteiger partial charge < -0.3 is 25.2 Å². The fourth-order valence-electron chi connectivity index (χ4n) is 5.01. The van der Waals surface area contributed by atoms with E-state index in [1.165, 1.54) is 0 Å². The van der Waals surface area contributed by atoms with Gasteiger partial charge in [-0.15, -0.1) is 0 Å². The van der Waals surface area contributed by atoms with Crippen LogP contribution in [0.25, 0.3) is 0 Å². The Bertz CT molecular complexity index is 1070. The number of carbonyl (C=O) groups excluding carboxylic acids is 2. The minimum atomic E-state index is -1.02. The number of amides is 2. The molecule has 3 atom stereocenters. The molecule has 2 aromatic carbocycles. The zero-order chi connectivity index (χ0) is 25.5. The van der Waals surface area contributed by atoms with Gasteiger partial charge in [0.15, 0.2) is 0 Å². The van der Waals surface area contributed by atoms with Crippen molar-refractivity contribution < 1.29 is 24.5 Å². The highest BCUT2D eigenvalue weighted by Crippen LogP contribution is 2.33. The number of carbonyl (C=O) groups is 2. The second-order valence-electron chi connectivity index (χ2n) is 9.38. The van der Waals surface area contributed by atoms with Crippen molar-refractivity contribution >= 4 is 34.4 Å². The zero-order valence-corrected chi connectivity index (χ0v) is 22.3. The molecule has 192 valence electrons. The molecule has 0 radical (unpaired) electrons. The number of rotatable bonds is 9. The number of benzene rings is 2. The molecule has 0 heterocycles. The van der Waals surface area contributed by atoms with Gasteiger partial charge in [0.2, 0.25) is 11.8 Å². The van der Waals surface area contributed by atoms with Gasteiger partial charge in [-0.1, -0.05) is 55.3 Å². The molecule has 3 N–H and O–H groups in total. The van der Waals surface area contributed by atoms with E-state index < -0.39 is 18.2 Å². The molecule has 2 amide bonds. The summed E-state index contributed by atoms with van der Waals surface area (Å²) in [7, 11) is 0. The van der Waals surface area contributed by atoms with E-state index in [0.29, 0.717) is 17.9 Å². The molecule has 0 aliphatic heterocycles. The van der Waals surface area contributed by atoms with Crippen molar-refractivity contribution in [2.24, 2.45) is 5.92 Å². The normalized spacial score (nSPS) is 22.1. The summed E-state index contributed by atoms with van der Waals surface area (Å²) >= 11 is 2.17. The molecule has 1 saturated carbocycles. The number of halogens is 1. The van der Waals surface area contributed by atoms with Crippen LogP contribution in [0.4, 0.5) is 0 Å². The van der Waals surface area contributed by atoms with Crippen molar-refractivity contribution in [1.29, 1.82) is 0 Å². The molecule has 8 heteroatoms. The van der Waals surface area contributed by atoms with Gasteiger partial charge in [-0.05, 0) is 59.2 Å². The van der Waals surface area contributed by atoms with Crippen LogP contribution >= 0.6 is 22.6 Å². The summed E-state index contributed by atoms with van der Waals surface area (Å²) in [5.74, 6) is 0.217. The SMILES string of the molecule is O=C(NCCO)C1=C[C@H](Oc2ccccc2I)[C@@H](O)[C@H](N(Cc2ccccc2)C(=O)C2CCCC2)C1. The van der Waals surface area contributed by atoms with Crippen molar-refractivity contribution in [2.45, 2.75) is 56.9 Å². The lowest BCUT2D eigenvalue weighted by Crippen LogP contribution is -2.55. The van der Waals surface area contributed by atoms with E-state index in [4.69, 9.17) is 4.74 Å². The van der Waals surface area contributed by atoms with Crippen LogP contribution in [0, 0.1) is 9.49 Å². The number of nitrogens with zero attached hydrogens (tertiary/aromatic N) is 1. The Morgan fingerprint density at radius 3 is 2.44 bits per heavy atom. The number of aliphatic hydroxyl groups is 2. The lowest BCUT2D eigenvalue weighted by Gasteiger charge is -2.41. The second kappa shape index (κ2) is 12.7. The first kappa shape index (κ1) is 26.6. The fraction of sp³-hybridized carbons (Fsp3) is 0.429. The third kappa shape index (κ3) is 6.46. The van der Waals surface area contributed by atoms with Gasteiger partial charge in [-0.3, -0.25) is 9.59 Å². The van der Waals surface area contributed by atoms with Gasteiger partial charge in [-0.2, -0.15) is 0 Å². The number of para-hydroxylation sites is 1. The van der Waals surface area contributed by atoms with Crippen molar-refractivity contribution in [3.8, 4) is 5.75 Å². The average Bonchev–Trinajstić information content (AvgIpc) is 3.44. The van der Waals surface area contributed by atoms with Crippen LogP contribution in [-0.2, 0) is 16.1 Å². The third-order valence-corrected chi connectivity index (χ3v) is 7.79. The fourth-order valence-corrected chi connectivity index (χ4v) is 5.53. The summed E-state index contributed by atoms with van der Waals surface area (Å²) in [6.45, 7) is 0.298. The highest BCUT2D eigenvalue weighted by molar-refractivity contribution is 14.1. The first-order valence-corrected chi connectivity index (χ1v) is 13.6. The molecule has 1 fully saturated rings. The monoisotopic (exact) mass is 604 g/mol. The van der Waals surface area contributed by atoms with Crippen molar-refractivity contribution in [2.75, 3.05) is 13.2 Å². The Kier molecular flexibility index (Phi) is 9.39. The standard InChI is InChI=1S/C28H33IN2O5/c29-22-12-6-7-13-24(22)36-25-17-21(27(34)30-14-15-32)16-23(26(25)33)31(18-19-8-2-1-3-9-19)28(35)20-10-4-5-11-20/h1-3,6-9,12-13,17,20,23,25-26,32-33H,4-5,10-11,14-16,18H2,(H,30,34)/t23-,25+,26+/m1/s1. The van der Waals surface area contributed by atoms with Crippen LogP contribution in [0.15, 0.2) is 66.2 Å². The van der Waals surface area contributed by atoms with E-state index in [1.54, 1.807) is 11.0 Å². The van der Waals surface area contributed by atoms with E-state index in [9.17, 15) is 19.8 Å². The third-order valence-electron chi connectivity index (χ3n) is 6.90. The quantitative estimate of drug-likeness (QED) is 0.382. The molecule has 7 nitrogen and oxygen atoms in total. The lowest BCUT2D eigenvalue weighted by atomic mass is 9.87. The van der Waals surface area contributed by atoms with Crippen molar-refractivity contribution in [3.05, 3.63) is 75.4 Å². The molecule has 0 spiro atoms.